The molecule has 1 N–H and O–H groups in total. The van der Waals surface area contributed by atoms with E-state index in [1.165, 1.54) is 23.6 Å². The number of carbonyl (C=O) groups is 2. The van der Waals surface area contributed by atoms with Gasteiger partial charge in [-0.1, -0.05) is 67.4 Å². The van der Waals surface area contributed by atoms with Gasteiger partial charge >= 0.3 is 0 Å². The molecule has 4 nitrogen and oxygen atoms in total. The fraction of sp³-hybridized carbons (Fsp3) is 0.385. The fourth-order valence-electron chi connectivity index (χ4n) is 4.53. The maximum Gasteiger partial charge on any atom is 0.261 e. The Hall–Kier alpha value is -2.53. The molecule has 2 aromatic carbocycles. The summed E-state index contributed by atoms with van der Waals surface area (Å²) in [5.41, 5.74) is 3.42. The summed E-state index contributed by atoms with van der Waals surface area (Å²) in [5.74, 6) is -0.226. The molecule has 0 radical (unpaired) electrons. The van der Waals surface area contributed by atoms with Crippen molar-refractivity contribution in [1.29, 1.82) is 0 Å². The fourth-order valence-corrected chi connectivity index (χ4v) is 5.98. The highest BCUT2D eigenvalue weighted by Crippen LogP contribution is 2.42. The highest BCUT2D eigenvalue weighted by molar-refractivity contribution is 8.04. The van der Waals surface area contributed by atoms with Crippen molar-refractivity contribution in [2.45, 2.75) is 63.4 Å². The van der Waals surface area contributed by atoms with Gasteiger partial charge in [-0.2, -0.15) is 0 Å². The molecule has 0 aromatic heterocycles. The molecule has 1 heterocycles. The number of nitrogens with one attached hydrogen (secondary N) is 1. The molecule has 2 aliphatic rings. The minimum Gasteiger partial charge on any atom is -0.346 e. The molecule has 2 fully saturated rings. The van der Waals surface area contributed by atoms with Crippen LogP contribution in [0.4, 0.5) is 0 Å². The third-order valence-electron chi connectivity index (χ3n) is 6.34. The second kappa shape index (κ2) is 9.73. The van der Waals surface area contributed by atoms with Crippen LogP contribution in [0.15, 0.2) is 65.6 Å². The summed E-state index contributed by atoms with van der Waals surface area (Å²) < 4.78 is 0. The molecule has 0 bridgehead atoms. The molecule has 2 amide bonds. The molecule has 1 saturated heterocycles. The summed E-state index contributed by atoms with van der Waals surface area (Å²) >= 11 is 1.60. The van der Waals surface area contributed by atoms with Crippen molar-refractivity contribution in [2.24, 2.45) is 0 Å². The number of aryl methyl sites for hydroxylation is 1. The van der Waals surface area contributed by atoms with Crippen molar-refractivity contribution >= 4 is 23.6 Å². The van der Waals surface area contributed by atoms with Gasteiger partial charge in [-0.3, -0.25) is 9.59 Å². The molecule has 3 atom stereocenters. The predicted octanol–water partition coefficient (Wildman–Crippen LogP) is 5.14. The van der Waals surface area contributed by atoms with Crippen LogP contribution < -0.4 is 5.32 Å². The first-order chi connectivity index (χ1) is 15.0. The lowest BCUT2D eigenvalue weighted by molar-refractivity contribution is -0.130. The predicted molar refractivity (Wildman–Crippen MR) is 126 cm³/mol. The molecule has 0 spiro atoms. The van der Waals surface area contributed by atoms with Crippen LogP contribution in [-0.2, 0) is 16.1 Å². The minimum atomic E-state index is -0.211. The molecule has 1 aliphatic carbocycles. The summed E-state index contributed by atoms with van der Waals surface area (Å²) in [4.78, 5) is 28.8. The highest BCUT2D eigenvalue weighted by Gasteiger charge is 2.40. The normalized spacial score (nSPS) is 23.4. The van der Waals surface area contributed by atoms with E-state index in [0.717, 1.165) is 24.8 Å². The third kappa shape index (κ3) is 5.04. The van der Waals surface area contributed by atoms with Crippen molar-refractivity contribution < 1.29 is 9.59 Å². The molecule has 1 aliphatic heterocycles. The second-order valence-corrected chi connectivity index (χ2v) is 9.80. The molecule has 2 aromatic rings. The first-order valence-electron chi connectivity index (χ1n) is 11.1. The van der Waals surface area contributed by atoms with E-state index in [9.17, 15) is 9.59 Å². The van der Waals surface area contributed by atoms with Gasteiger partial charge in [0, 0.05) is 23.9 Å². The van der Waals surface area contributed by atoms with Crippen molar-refractivity contribution in [3.63, 3.8) is 0 Å². The van der Waals surface area contributed by atoms with Crippen LogP contribution >= 0.6 is 11.8 Å². The van der Waals surface area contributed by atoms with Crippen LogP contribution in [0.25, 0.3) is 0 Å². The maximum absolute atomic E-state index is 13.4. The van der Waals surface area contributed by atoms with Crippen molar-refractivity contribution in [1.82, 2.24) is 10.2 Å². The number of rotatable bonds is 5. The lowest BCUT2D eigenvalue weighted by Gasteiger charge is -2.44. The van der Waals surface area contributed by atoms with E-state index >= 15 is 0 Å². The van der Waals surface area contributed by atoms with Crippen LogP contribution in [0.2, 0.25) is 0 Å². The Morgan fingerprint density at radius 3 is 2.61 bits per heavy atom. The largest absolute Gasteiger partial charge is 0.346 e. The van der Waals surface area contributed by atoms with Gasteiger partial charge in [0.05, 0.1) is 10.9 Å². The minimum absolute atomic E-state index is 0.0149. The van der Waals surface area contributed by atoms with E-state index in [1.54, 1.807) is 11.8 Å². The van der Waals surface area contributed by atoms with E-state index < -0.39 is 0 Å². The first-order valence-corrected chi connectivity index (χ1v) is 12.0. The molecule has 1 saturated carbocycles. The number of hydrogen-bond acceptors (Lipinski definition) is 3. The molecule has 3 unspecified atom stereocenters. The SMILES string of the molecule is Cc1ccccc1CN1C(=O)/C(=C/C(=O)NC(C)c2ccccc2)SC2CCCCC21. The number of hydrogen-bond donors (Lipinski definition) is 1. The van der Waals surface area contributed by atoms with E-state index in [-0.39, 0.29) is 23.9 Å². The Morgan fingerprint density at radius 1 is 1.13 bits per heavy atom. The molecular formula is C26H30N2O2S. The number of nitrogens with zero attached hydrogens (tertiary/aromatic N) is 1. The quantitative estimate of drug-likeness (QED) is 0.663. The second-order valence-electron chi connectivity index (χ2n) is 8.52. The van der Waals surface area contributed by atoms with Gasteiger partial charge in [0.15, 0.2) is 0 Å². The zero-order valence-corrected chi connectivity index (χ0v) is 19.0. The Bertz CT molecular complexity index is 972. The van der Waals surface area contributed by atoms with Gasteiger partial charge in [0.1, 0.15) is 0 Å². The van der Waals surface area contributed by atoms with Gasteiger partial charge in [-0.15, -0.1) is 11.8 Å². The third-order valence-corrected chi connectivity index (χ3v) is 7.74. The lowest BCUT2D eigenvalue weighted by Crippen LogP contribution is -2.51. The monoisotopic (exact) mass is 434 g/mol. The van der Waals surface area contributed by atoms with E-state index in [4.69, 9.17) is 0 Å². The number of carbonyl (C=O) groups excluding carboxylic acids is 2. The Kier molecular flexibility index (Phi) is 6.81. The maximum atomic E-state index is 13.4. The van der Waals surface area contributed by atoms with E-state index in [1.807, 2.05) is 54.3 Å². The molecule has 4 rings (SSSR count). The average Bonchev–Trinajstić information content (AvgIpc) is 2.78. The topological polar surface area (TPSA) is 49.4 Å². The van der Waals surface area contributed by atoms with Gasteiger partial charge in [0.2, 0.25) is 5.91 Å². The smallest absolute Gasteiger partial charge is 0.261 e. The van der Waals surface area contributed by atoms with Gasteiger partial charge < -0.3 is 10.2 Å². The van der Waals surface area contributed by atoms with Crippen LogP contribution in [0.3, 0.4) is 0 Å². The number of amides is 2. The van der Waals surface area contributed by atoms with Crippen molar-refractivity contribution in [3.05, 3.63) is 82.3 Å². The Labute approximate surface area is 189 Å². The van der Waals surface area contributed by atoms with Crippen LogP contribution in [0.5, 0.6) is 0 Å². The molecular weight excluding hydrogens is 404 g/mol. The Balaban J connectivity index is 1.54. The van der Waals surface area contributed by atoms with Gasteiger partial charge in [0.25, 0.3) is 5.91 Å². The summed E-state index contributed by atoms with van der Waals surface area (Å²) in [6, 6.07) is 18.2. The van der Waals surface area contributed by atoms with Crippen LogP contribution in [-0.4, -0.2) is 28.0 Å². The Morgan fingerprint density at radius 2 is 1.84 bits per heavy atom. The molecule has 31 heavy (non-hydrogen) atoms. The zero-order valence-electron chi connectivity index (χ0n) is 18.2. The van der Waals surface area contributed by atoms with Crippen molar-refractivity contribution in [2.75, 3.05) is 0 Å². The van der Waals surface area contributed by atoms with E-state index in [0.29, 0.717) is 16.7 Å². The standard InChI is InChI=1S/C26H30N2O2S/c1-18-10-6-7-13-21(18)17-28-22-14-8-9-15-23(22)31-24(26(28)30)16-25(29)27-19(2)20-11-4-3-5-12-20/h3-7,10-13,16,19,22-23H,8-9,14-15,17H2,1-2H3,(H,27,29)/b24-16-. The summed E-state index contributed by atoms with van der Waals surface area (Å²) in [5, 5.41) is 3.37. The van der Waals surface area contributed by atoms with Crippen molar-refractivity contribution in [3.8, 4) is 0 Å². The zero-order chi connectivity index (χ0) is 21.8. The molecule has 162 valence electrons. The number of thioether (sulfide) groups is 1. The first kappa shape index (κ1) is 21.7. The number of benzene rings is 2. The number of fused-ring (bicyclic) bond motifs is 1. The summed E-state index contributed by atoms with van der Waals surface area (Å²) in [6.45, 7) is 4.65. The van der Waals surface area contributed by atoms with Crippen LogP contribution in [0.1, 0.15) is 55.3 Å². The van der Waals surface area contributed by atoms with Gasteiger partial charge in [-0.25, -0.2) is 0 Å². The lowest BCUT2D eigenvalue weighted by atomic mass is 9.92. The average molecular weight is 435 g/mol. The highest BCUT2D eigenvalue weighted by atomic mass is 32.2. The molecule has 5 heteroatoms. The van der Waals surface area contributed by atoms with E-state index in [2.05, 4.69) is 24.4 Å². The van der Waals surface area contributed by atoms with Crippen LogP contribution in [0, 0.1) is 6.92 Å². The summed E-state index contributed by atoms with van der Waals surface area (Å²) in [7, 11) is 0. The summed E-state index contributed by atoms with van der Waals surface area (Å²) in [6.07, 6.45) is 5.99. The van der Waals surface area contributed by atoms with Gasteiger partial charge in [-0.05, 0) is 43.4 Å².